The van der Waals surface area contributed by atoms with Crippen LogP contribution >= 0.6 is 0 Å². The quantitative estimate of drug-likeness (QED) is 0.427. The van der Waals surface area contributed by atoms with E-state index in [1.807, 2.05) is 12.1 Å². The zero-order valence-corrected chi connectivity index (χ0v) is 14.9. The summed E-state index contributed by atoms with van der Waals surface area (Å²) in [6, 6.07) is 8.14. The van der Waals surface area contributed by atoms with Gasteiger partial charge in [0, 0.05) is 0 Å². The lowest BCUT2D eigenvalue weighted by molar-refractivity contribution is 0.0498. The van der Waals surface area contributed by atoms with E-state index in [1.165, 1.54) is 44.1 Å². The highest BCUT2D eigenvalue weighted by molar-refractivity contribution is 5.89. The average molecular weight is 316 g/mol. The Balaban J connectivity index is 1.81. The Kier molecular flexibility index (Phi) is 7.64. The van der Waals surface area contributed by atoms with Crippen LogP contribution in [0.15, 0.2) is 24.3 Å². The molecule has 0 unspecified atom stereocenters. The van der Waals surface area contributed by atoms with E-state index < -0.39 is 0 Å². The molecule has 0 spiro atoms. The lowest BCUT2D eigenvalue weighted by atomic mass is 9.77. The fraction of sp³-hybridized carbons (Fsp3) is 0.667. The van der Waals surface area contributed by atoms with Crippen LogP contribution in [0.25, 0.3) is 0 Å². The number of carbonyl (C=O) groups excluding carboxylic acids is 1. The molecule has 0 atom stereocenters. The molecule has 128 valence electrons. The molecule has 0 amide bonds. The number of esters is 1. The molecule has 2 heteroatoms. The van der Waals surface area contributed by atoms with Gasteiger partial charge in [-0.15, -0.1) is 0 Å². The third-order valence-electron chi connectivity index (χ3n) is 5.14. The van der Waals surface area contributed by atoms with Crippen LogP contribution in [0.1, 0.15) is 93.5 Å². The highest BCUT2D eigenvalue weighted by atomic mass is 16.5. The van der Waals surface area contributed by atoms with Gasteiger partial charge in [0.1, 0.15) is 0 Å². The van der Waals surface area contributed by atoms with Crippen LogP contribution in [0.5, 0.6) is 0 Å². The maximum Gasteiger partial charge on any atom is 0.338 e. The number of hydrogen-bond acceptors (Lipinski definition) is 2. The molecule has 0 aromatic heterocycles. The molecule has 0 saturated heterocycles. The van der Waals surface area contributed by atoms with Gasteiger partial charge in [0.05, 0.1) is 12.2 Å². The van der Waals surface area contributed by atoms with Crippen molar-refractivity contribution in [2.75, 3.05) is 6.61 Å². The standard InChI is InChI=1S/C21H32O2/c1-3-5-6-16-23-21(22)20-14-12-19(13-15-20)18-10-8-17(7-4-2)9-11-18/h12-15,17-18H,3-11,16H2,1-2H3. The Labute approximate surface area is 141 Å². The molecule has 1 aromatic rings. The zero-order chi connectivity index (χ0) is 16.5. The molecule has 0 radical (unpaired) electrons. The number of ether oxygens (including phenoxy) is 1. The van der Waals surface area contributed by atoms with Crippen LogP contribution in [-0.2, 0) is 4.74 Å². The molecule has 0 bridgehead atoms. The number of rotatable bonds is 8. The second-order valence-corrected chi connectivity index (χ2v) is 6.97. The Hall–Kier alpha value is -1.31. The monoisotopic (exact) mass is 316 g/mol. The van der Waals surface area contributed by atoms with Crippen molar-refractivity contribution in [3.05, 3.63) is 35.4 Å². The van der Waals surface area contributed by atoms with E-state index in [1.54, 1.807) is 0 Å². The Morgan fingerprint density at radius 2 is 1.70 bits per heavy atom. The summed E-state index contributed by atoms with van der Waals surface area (Å²) in [5.74, 6) is 1.44. The summed E-state index contributed by atoms with van der Waals surface area (Å²) in [4.78, 5) is 12.0. The van der Waals surface area contributed by atoms with Crippen molar-refractivity contribution >= 4 is 5.97 Å². The SMILES string of the molecule is CCCCCOC(=O)c1ccc(C2CCC(CCC)CC2)cc1. The highest BCUT2D eigenvalue weighted by Gasteiger charge is 2.22. The minimum atomic E-state index is -0.181. The lowest BCUT2D eigenvalue weighted by Gasteiger charge is -2.28. The second-order valence-electron chi connectivity index (χ2n) is 6.97. The van der Waals surface area contributed by atoms with Crippen molar-refractivity contribution in [3.63, 3.8) is 0 Å². The largest absolute Gasteiger partial charge is 0.462 e. The van der Waals surface area contributed by atoms with Crippen molar-refractivity contribution in [2.24, 2.45) is 5.92 Å². The summed E-state index contributed by atoms with van der Waals surface area (Å²) in [5.41, 5.74) is 2.08. The number of benzene rings is 1. The van der Waals surface area contributed by atoms with Gasteiger partial charge in [0.2, 0.25) is 0 Å². The normalized spacial score (nSPS) is 21.1. The second kappa shape index (κ2) is 9.75. The summed E-state index contributed by atoms with van der Waals surface area (Å²) in [6.07, 6.45) is 11.2. The molecule has 1 aliphatic rings. The van der Waals surface area contributed by atoms with Gasteiger partial charge in [-0.05, 0) is 61.6 Å². The smallest absolute Gasteiger partial charge is 0.338 e. The predicted octanol–water partition coefficient (Wildman–Crippen LogP) is 6.11. The first kappa shape index (κ1) is 18.0. The third-order valence-corrected chi connectivity index (χ3v) is 5.14. The molecule has 0 N–H and O–H groups in total. The fourth-order valence-electron chi connectivity index (χ4n) is 3.68. The fourth-order valence-corrected chi connectivity index (χ4v) is 3.68. The van der Waals surface area contributed by atoms with Crippen molar-refractivity contribution < 1.29 is 9.53 Å². The highest BCUT2D eigenvalue weighted by Crippen LogP contribution is 2.37. The van der Waals surface area contributed by atoms with Crippen LogP contribution in [-0.4, -0.2) is 12.6 Å². The summed E-state index contributed by atoms with van der Waals surface area (Å²) in [5, 5.41) is 0. The predicted molar refractivity (Wildman–Crippen MR) is 95.9 cm³/mol. The van der Waals surface area contributed by atoms with Crippen LogP contribution in [0.3, 0.4) is 0 Å². The summed E-state index contributed by atoms with van der Waals surface area (Å²) in [7, 11) is 0. The van der Waals surface area contributed by atoms with Crippen LogP contribution in [0.4, 0.5) is 0 Å². The van der Waals surface area contributed by atoms with Gasteiger partial charge in [-0.2, -0.15) is 0 Å². The molecule has 1 fully saturated rings. The zero-order valence-electron chi connectivity index (χ0n) is 14.9. The molecule has 1 aliphatic carbocycles. The third kappa shape index (κ3) is 5.67. The maximum atomic E-state index is 12.0. The van der Waals surface area contributed by atoms with Gasteiger partial charge in [-0.1, -0.05) is 51.7 Å². The van der Waals surface area contributed by atoms with Gasteiger partial charge in [0.15, 0.2) is 0 Å². The average Bonchev–Trinajstić information content (AvgIpc) is 2.60. The summed E-state index contributed by atoms with van der Waals surface area (Å²) in [6.45, 7) is 4.97. The van der Waals surface area contributed by atoms with Crippen LogP contribution < -0.4 is 0 Å². The first-order valence-electron chi connectivity index (χ1n) is 9.51. The number of hydrogen-bond donors (Lipinski definition) is 0. The van der Waals surface area contributed by atoms with Gasteiger partial charge < -0.3 is 4.74 Å². The van der Waals surface area contributed by atoms with E-state index in [4.69, 9.17) is 4.74 Å². The van der Waals surface area contributed by atoms with E-state index in [9.17, 15) is 4.79 Å². The molecule has 2 rings (SSSR count). The van der Waals surface area contributed by atoms with E-state index in [2.05, 4.69) is 26.0 Å². The molecule has 1 aromatic carbocycles. The van der Waals surface area contributed by atoms with Crippen molar-refractivity contribution in [1.82, 2.24) is 0 Å². The first-order valence-corrected chi connectivity index (χ1v) is 9.51. The van der Waals surface area contributed by atoms with Gasteiger partial charge in [0.25, 0.3) is 0 Å². The van der Waals surface area contributed by atoms with Gasteiger partial charge >= 0.3 is 5.97 Å². The van der Waals surface area contributed by atoms with Gasteiger partial charge in [-0.25, -0.2) is 4.79 Å². The molecular weight excluding hydrogens is 284 g/mol. The Bertz CT molecular complexity index is 455. The van der Waals surface area contributed by atoms with E-state index >= 15 is 0 Å². The maximum absolute atomic E-state index is 12.0. The summed E-state index contributed by atoms with van der Waals surface area (Å²) < 4.78 is 5.32. The molecule has 2 nitrogen and oxygen atoms in total. The van der Waals surface area contributed by atoms with Crippen molar-refractivity contribution in [3.8, 4) is 0 Å². The number of carbonyl (C=O) groups is 1. The lowest BCUT2D eigenvalue weighted by Crippen LogP contribution is -2.13. The van der Waals surface area contributed by atoms with Crippen molar-refractivity contribution in [2.45, 2.75) is 77.6 Å². The molecular formula is C21H32O2. The van der Waals surface area contributed by atoms with Crippen LogP contribution in [0, 0.1) is 5.92 Å². The minimum Gasteiger partial charge on any atom is -0.462 e. The topological polar surface area (TPSA) is 26.3 Å². The van der Waals surface area contributed by atoms with Crippen LogP contribution in [0.2, 0.25) is 0 Å². The van der Waals surface area contributed by atoms with Crippen molar-refractivity contribution in [1.29, 1.82) is 0 Å². The first-order chi connectivity index (χ1) is 11.2. The Morgan fingerprint density at radius 1 is 1.00 bits per heavy atom. The Morgan fingerprint density at radius 3 is 2.30 bits per heavy atom. The summed E-state index contributed by atoms with van der Waals surface area (Å²) >= 11 is 0. The minimum absolute atomic E-state index is 0.181. The molecule has 1 saturated carbocycles. The van der Waals surface area contributed by atoms with E-state index in [0.29, 0.717) is 18.1 Å². The van der Waals surface area contributed by atoms with E-state index in [0.717, 1.165) is 25.2 Å². The van der Waals surface area contributed by atoms with Gasteiger partial charge in [-0.3, -0.25) is 0 Å². The molecule has 0 aliphatic heterocycles. The molecule has 23 heavy (non-hydrogen) atoms. The number of unbranched alkanes of at least 4 members (excludes halogenated alkanes) is 2. The molecule has 0 heterocycles. The van der Waals surface area contributed by atoms with E-state index in [-0.39, 0.29) is 5.97 Å².